The number of hydrogen-bond acceptors (Lipinski definition) is 2. The van der Waals surface area contributed by atoms with Crippen LogP contribution in [0.2, 0.25) is 0 Å². The van der Waals surface area contributed by atoms with Gasteiger partial charge in [0.2, 0.25) is 5.91 Å². The summed E-state index contributed by atoms with van der Waals surface area (Å²) in [7, 11) is 0. The van der Waals surface area contributed by atoms with Crippen molar-refractivity contribution in [1.29, 1.82) is 0 Å². The van der Waals surface area contributed by atoms with Crippen molar-refractivity contribution >= 4 is 17.5 Å². The third kappa shape index (κ3) is 2.81. The molecule has 2 rings (SSSR count). The molecule has 1 heterocycles. The number of rotatable bonds is 3. The second-order valence-electron chi connectivity index (χ2n) is 8.68. The van der Waals surface area contributed by atoms with Gasteiger partial charge in [0.15, 0.2) is 0 Å². The van der Waals surface area contributed by atoms with Crippen LogP contribution in [0.15, 0.2) is 36.4 Å². The summed E-state index contributed by atoms with van der Waals surface area (Å²) in [6.45, 7) is 18.5. The van der Waals surface area contributed by atoms with Gasteiger partial charge in [0.25, 0.3) is 5.91 Å². The van der Waals surface area contributed by atoms with E-state index < -0.39 is 5.92 Å². The molecule has 1 fully saturated rings. The van der Waals surface area contributed by atoms with Gasteiger partial charge in [-0.25, -0.2) is 4.90 Å². The minimum absolute atomic E-state index is 0.152. The van der Waals surface area contributed by atoms with Crippen LogP contribution in [-0.4, -0.2) is 11.8 Å². The van der Waals surface area contributed by atoms with Crippen molar-refractivity contribution in [1.82, 2.24) is 0 Å². The van der Waals surface area contributed by atoms with Crippen molar-refractivity contribution < 1.29 is 9.59 Å². The summed E-state index contributed by atoms with van der Waals surface area (Å²) in [6, 6.07) is 7.66. The van der Waals surface area contributed by atoms with Crippen molar-refractivity contribution in [2.24, 2.45) is 17.3 Å². The Hall–Kier alpha value is -1.90. The smallest absolute Gasteiger partial charge is 0.261 e. The largest absolute Gasteiger partial charge is 0.273 e. The van der Waals surface area contributed by atoms with Crippen molar-refractivity contribution in [3.63, 3.8) is 0 Å². The molecule has 0 unspecified atom stereocenters. The molecule has 0 N–H and O–H groups in total. The monoisotopic (exact) mass is 327 g/mol. The highest BCUT2D eigenvalue weighted by Crippen LogP contribution is 2.46. The molecule has 0 saturated carbocycles. The van der Waals surface area contributed by atoms with E-state index in [-0.39, 0.29) is 28.6 Å². The van der Waals surface area contributed by atoms with E-state index in [0.717, 1.165) is 5.56 Å². The van der Waals surface area contributed by atoms with Gasteiger partial charge in [0.05, 0.1) is 11.6 Å². The lowest BCUT2D eigenvalue weighted by atomic mass is 9.68. The van der Waals surface area contributed by atoms with Crippen LogP contribution in [0.3, 0.4) is 0 Å². The van der Waals surface area contributed by atoms with Crippen LogP contribution in [0, 0.1) is 17.3 Å². The molecule has 1 aliphatic rings. The molecule has 1 aliphatic heterocycles. The van der Waals surface area contributed by atoms with E-state index in [0.29, 0.717) is 11.3 Å². The Morgan fingerprint density at radius 1 is 1.04 bits per heavy atom. The van der Waals surface area contributed by atoms with Gasteiger partial charge >= 0.3 is 0 Å². The minimum Gasteiger partial charge on any atom is -0.273 e. The Kier molecular flexibility index (Phi) is 4.51. The van der Waals surface area contributed by atoms with Crippen molar-refractivity contribution in [2.75, 3.05) is 4.90 Å². The average molecular weight is 327 g/mol. The first-order valence-electron chi connectivity index (χ1n) is 8.57. The van der Waals surface area contributed by atoms with E-state index in [1.165, 1.54) is 4.90 Å². The molecule has 1 atom stereocenters. The standard InChI is InChI=1S/C21H29NO2/c1-13(2)21(7,8)17-14(3)18(23)22(19(17)24)16-12-10-9-11-15(16)20(4,5)6/h9-13,17H,3H2,1-2,4-8H3/t17-/m1/s1. The highest BCUT2D eigenvalue weighted by Gasteiger charge is 2.51. The molecule has 0 bridgehead atoms. The van der Waals surface area contributed by atoms with Crippen molar-refractivity contribution in [3.05, 3.63) is 42.0 Å². The summed E-state index contributed by atoms with van der Waals surface area (Å²) in [5, 5.41) is 0. The average Bonchev–Trinajstić information content (AvgIpc) is 2.68. The van der Waals surface area contributed by atoms with Gasteiger partial charge in [-0.3, -0.25) is 9.59 Å². The van der Waals surface area contributed by atoms with E-state index >= 15 is 0 Å². The lowest BCUT2D eigenvalue weighted by Crippen LogP contribution is -2.38. The quantitative estimate of drug-likeness (QED) is 0.595. The number of amides is 2. The van der Waals surface area contributed by atoms with Crippen LogP contribution in [0.25, 0.3) is 0 Å². The number of anilines is 1. The zero-order chi connectivity index (χ0) is 18.4. The fraction of sp³-hybridized carbons (Fsp3) is 0.524. The van der Waals surface area contributed by atoms with Gasteiger partial charge in [0, 0.05) is 5.57 Å². The third-order valence-electron chi connectivity index (χ3n) is 5.48. The molecule has 2 amide bonds. The van der Waals surface area contributed by atoms with E-state index in [2.05, 4.69) is 41.2 Å². The molecule has 1 saturated heterocycles. The molecular formula is C21H29NO2. The lowest BCUT2D eigenvalue weighted by molar-refractivity contribution is -0.124. The molecule has 0 aliphatic carbocycles. The second-order valence-corrected chi connectivity index (χ2v) is 8.68. The molecule has 0 spiro atoms. The molecule has 3 heteroatoms. The number of carbonyl (C=O) groups excluding carboxylic acids is 2. The molecule has 24 heavy (non-hydrogen) atoms. The topological polar surface area (TPSA) is 37.4 Å². The Labute approximate surface area is 145 Å². The Morgan fingerprint density at radius 2 is 1.58 bits per heavy atom. The van der Waals surface area contributed by atoms with Crippen LogP contribution in [0.1, 0.15) is 54.0 Å². The zero-order valence-electron chi connectivity index (χ0n) is 15.9. The SMILES string of the molecule is C=C1C(=O)N(c2ccccc2C(C)(C)C)C(=O)[C@@H]1C(C)(C)C(C)C. The highest BCUT2D eigenvalue weighted by atomic mass is 16.2. The first kappa shape index (κ1) is 18.4. The normalized spacial score (nSPS) is 19.6. The van der Waals surface area contributed by atoms with E-state index in [9.17, 15) is 9.59 Å². The van der Waals surface area contributed by atoms with Crippen LogP contribution >= 0.6 is 0 Å². The summed E-state index contributed by atoms with van der Waals surface area (Å²) in [5.41, 5.74) is 1.59. The molecule has 1 aromatic carbocycles. The molecule has 0 radical (unpaired) electrons. The van der Waals surface area contributed by atoms with Gasteiger partial charge < -0.3 is 0 Å². The zero-order valence-corrected chi connectivity index (χ0v) is 15.9. The highest BCUT2D eigenvalue weighted by molar-refractivity contribution is 6.29. The maximum atomic E-state index is 13.2. The number of imide groups is 1. The van der Waals surface area contributed by atoms with E-state index in [1.54, 1.807) is 0 Å². The van der Waals surface area contributed by atoms with Gasteiger partial charge in [-0.15, -0.1) is 0 Å². The first-order chi connectivity index (χ1) is 10.9. The number of benzene rings is 1. The van der Waals surface area contributed by atoms with Gasteiger partial charge in [-0.1, -0.05) is 73.2 Å². The van der Waals surface area contributed by atoms with E-state index in [4.69, 9.17) is 0 Å². The molecule has 1 aromatic rings. The predicted octanol–water partition coefficient (Wildman–Crippen LogP) is 4.71. The minimum atomic E-state index is -0.474. The summed E-state index contributed by atoms with van der Waals surface area (Å²) < 4.78 is 0. The lowest BCUT2D eigenvalue weighted by Gasteiger charge is -2.34. The van der Waals surface area contributed by atoms with Crippen molar-refractivity contribution in [3.8, 4) is 0 Å². The van der Waals surface area contributed by atoms with Crippen LogP contribution < -0.4 is 4.90 Å². The van der Waals surface area contributed by atoms with Crippen molar-refractivity contribution in [2.45, 2.75) is 53.9 Å². The summed E-state index contributed by atoms with van der Waals surface area (Å²) in [4.78, 5) is 27.4. The molecule has 3 nitrogen and oxygen atoms in total. The summed E-state index contributed by atoms with van der Waals surface area (Å²) in [6.07, 6.45) is 0. The Balaban J connectivity index is 2.58. The molecule has 0 aromatic heterocycles. The first-order valence-corrected chi connectivity index (χ1v) is 8.57. The van der Waals surface area contributed by atoms with Crippen LogP contribution in [0.4, 0.5) is 5.69 Å². The van der Waals surface area contributed by atoms with Gasteiger partial charge in [0.1, 0.15) is 0 Å². The Bertz CT molecular complexity index is 692. The fourth-order valence-corrected chi connectivity index (χ4v) is 3.28. The number of nitrogens with zero attached hydrogens (tertiary/aromatic N) is 1. The maximum absolute atomic E-state index is 13.2. The molecule has 130 valence electrons. The third-order valence-corrected chi connectivity index (χ3v) is 5.48. The summed E-state index contributed by atoms with van der Waals surface area (Å²) >= 11 is 0. The predicted molar refractivity (Wildman–Crippen MR) is 98.9 cm³/mol. The van der Waals surface area contributed by atoms with E-state index in [1.807, 2.05) is 38.1 Å². The number of para-hydroxylation sites is 1. The van der Waals surface area contributed by atoms with Crippen LogP contribution in [-0.2, 0) is 15.0 Å². The number of hydrogen-bond donors (Lipinski definition) is 0. The fourth-order valence-electron chi connectivity index (χ4n) is 3.28. The van der Waals surface area contributed by atoms with Gasteiger partial charge in [-0.2, -0.15) is 0 Å². The molecular weight excluding hydrogens is 298 g/mol. The van der Waals surface area contributed by atoms with Gasteiger partial charge in [-0.05, 0) is 28.4 Å². The van der Waals surface area contributed by atoms with Crippen LogP contribution in [0.5, 0.6) is 0 Å². The maximum Gasteiger partial charge on any atom is 0.261 e. The number of carbonyl (C=O) groups is 2. The Morgan fingerprint density at radius 3 is 2.08 bits per heavy atom. The second kappa shape index (κ2) is 5.87. The summed E-state index contributed by atoms with van der Waals surface area (Å²) in [5.74, 6) is -0.636.